The molecule has 12 nitrogen and oxygen atoms in total. The second-order valence-electron chi connectivity index (χ2n) is 8.93. The number of halogens is 3. The lowest BCUT2D eigenvalue weighted by Crippen LogP contribution is -2.38. The predicted molar refractivity (Wildman–Crippen MR) is 132 cm³/mol. The van der Waals surface area contributed by atoms with Crippen molar-refractivity contribution in [2.45, 2.75) is 38.5 Å². The molecule has 3 aromatic rings. The SMILES string of the molecule is COc1cc2c(cc1C(=O)Nc1cccc(-c3nnnn3[C@H](C)CO)n1)CN(S(=O)(=O)CCC(F)(F)F)CC2. The van der Waals surface area contributed by atoms with Gasteiger partial charge in [0, 0.05) is 13.1 Å². The number of hydrogen-bond acceptors (Lipinski definition) is 9. The van der Waals surface area contributed by atoms with E-state index in [1.54, 1.807) is 31.2 Å². The summed E-state index contributed by atoms with van der Waals surface area (Å²) in [6.45, 7) is 1.37. The number of aliphatic hydroxyl groups excluding tert-OH is 1. The zero-order valence-electron chi connectivity index (χ0n) is 21.0. The van der Waals surface area contributed by atoms with Gasteiger partial charge in [0.15, 0.2) is 0 Å². The van der Waals surface area contributed by atoms with Gasteiger partial charge in [-0.25, -0.2) is 18.1 Å². The quantitative estimate of drug-likeness (QED) is 0.395. The molecule has 2 N–H and O–H groups in total. The third-order valence-electron chi connectivity index (χ3n) is 6.17. The molecule has 2 aromatic heterocycles. The van der Waals surface area contributed by atoms with Gasteiger partial charge < -0.3 is 15.2 Å². The van der Waals surface area contributed by atoms with E-state index < -0.39 is 40.3 Å². The van der Waals surface area contributed by atoms with Gasteiger partial charge in [-0.1, -0.05) is 6.07 Å². The van der Waals surface area contributed by atoms with Gasteiger partial charge in [0.2, 0.25) is 15.8 Å². The van der Waals surface area contributed by atoms with E-state index in [1.807, 2.05) is 0 Å². The van der Waals surface area contributed by atoms with Crippen molar-refractivity contribution >= 4 is 21.7 Å². The van der Waals surface area contributed by atoms with E-state index >= 15 is 0 Å². The molecule has 0 radical (unpaired) electrons. The lowest BCUT2D eigenvalue weighted by atomic mass is 9.97. The van der Waals surface area contributed by atoms with Crippen LogP contribution < -0.4 is 10.1 Å². The number of carbonyl (C=O) groups excluding carboxylic acids is 1. The number of aliphatic hydroxyl groups is 1. The highest BCUT2D eigenvalue weighted by Gasteiger charge is 2.34. The van der Waals surface area contributed by atoms with Crippen LogP contribution in [0.3, 0.4) is 0 Å². The molecule has 0 saturated carbocycles. The molecule has 0 fully saturated rings. The highest BCUT2D eigenvalue weighted by molar-refractivity contribution is 7.89. The Bertz CT molecular complexity index is 1460. The first-order chi connectivity index (χ1) is 18.4. The Balaban J connectivity index is 1.56. The van der Waals surface area contributed by atoms with Gasteiger partial charge in [-0.05, 0) is 59.2 Å². The van der Waals surface area contributed by atoms with Crippen molar-refractivity contribution in [2.75, 3.05) is 31.3 Å². The largest absolute Gasteiger partial charge is 0.496 e. The van der Waals surface area contributed by atoms with Gasteiger partial charge in [0.05, 0.1) is 37.5 Å². The molecular formula is C23H26F3N7O5S. The van der Waals surface area contributed by atoms with E-state index in [0.717, 1.165) is 9.87 Å². The van der Waals surface area contributed by atoms with E-state index in [2.05, 4.69) is 25.8 Å². The average molecular weight is 570 g/mol. The molecule has 0 bridgehead atoms. The minimum atomic E-state index is -4.59. The summed E-state index contributed by atoms with van der Waals surface area (Å²) in [6.07, 6.45) is -5.77. The average Bonchev–Trinajstić information content (AvgIpc) is 3.40. The zero-order valence-corrected chi connectivity index (χ0v) is 21.8. The van der Waals surface area contributed by atoms with E-state index in [4.69, 9.17) is 4.74 Å². The van der Waals surface area contributed by atoms with Crippen molar-refractivity contribution in [1.29, 1.82) is 0 Å². The highest BCUT2D eigenvalue weighted by Crippen LogP contribution is 2.31. The first kappa shape index (κ1) is 28.4. The summed E-state index contributed by atoms with van der Waals surface area (Å²) < 4.78 is 70.6. The normalized spacial score (nSPS) is 15.0. The summed E-state index contributed by atoms with van der Waals surface area (Å²) in [5.41, 5.74) is 1.66. The fourth-order valence-electron chi connectivity index (χ4n) is 4.07. The van der Waals surface area contributed by atoms with E-state index in [1.165, 1.54) is 17.9 Å². The number of sulfonamides is 1. The number of fused-ring (bicyclic) bond motifs is 1. The highest BCUT2D eigenvalue weighted by atomic mass is 32.2. The number of amides is 1. The Labute approximate surface area is 221 Å². The third-order valence-corrected chi connectivity index (χ3v) is 7.99. The molecule has 0 aliphatic carbocycles. The Morgan fingerprint density at radius 1 is 1.26 bits per heavy atom. The number of methoxy groups -OCH3 is 1. The van der Waals surface area contributed by atoms with Gasteiger partial charge >= 0.3 is 6.18 Å². The topological polar surface area (TPSA) is 152 Å². The number of pyridine rings is 1. The summed E-state index contributed by atoms with van der Waals surface area (Å²) in [5, 5.41) is 23.5. The Morgan fingerprint density at radius 3 is 2.72 bits per heavy atom. The number of nitrogens with zero attached hydrogens (tertiary/aromatic N) is 6. The minimum Gasteiger partial charge on any atom is -0.496 e. The van der Waals surface area contributed by atoms with Crippen LogP contribution in [0.5, 0.6) is 5.75 Å². The van der Waals surface area contributed by atoms with Crippen LogP contribution >= 0.6 is 0 Å². The third kappa shape index (κ3) is 6.51. The number of aromatic nitrogens is 5. The molecule has 0 saturated heterocycles. The summed E-state index contributed by atoms with van der Waals surface area (Å²) in [6, 6.07) is 7.50. The lowest BCUT2D eigenvalue weighted by Gasteiger charge is -2.29. The molecule has 4 rings (SSSR count). The number of nitrogens with one attached hydrogen (secondary N) is 1. The molecule has 3 heterocycles. The lowest BCUT2D eigenvalue weighted by molar-refractivity contribution is -0.130. The summed E-state index contributed by atoms with van der Waals surface area (Å²) in [4.78, 5) is 17.6. The first-order valence-corrected chi connectivity index (χ1v) is 13.4. The van der Waals surface area contributed by atoms with Crippen LogP contribution in [0, 0.1) is 0 Å². The summed E-state index contributed by atoms with van der Waals surface area (Å²) in [5.74, 6) is -0.945. The number of tetrazole rings is 1. The predicted octanol–water partition coefficient (Wildman–Crippen LogP) is 2.19. The van der Waals surface area contributed by atoms with Crippen molar-refractivity contribution in [3.8, 4) is 17.3 Å². The van der Waals surface area contributed by atoms with Gasteiger partial charge in [0.25, 0.3) is 5.91 Å². The van der Waals surface area contributed by atoms with E-state index in [9.17, 15) is 31.5 Å². The van der Waals surface area contributed by atoms with Gasteiger partial charge in [-0.2, -0.15) is 17.5 Å². The molecule has 39 heavy (non-hydrogen) atoms. The molecule has 1 amide bonds. The maximum absolute atomic E-state index is 13.2. The molecule has 1 aliphatic rings. The fraction of sp³-hybridized carbons (Fsp3) is 0.435. The Kier molecular flexibility index (Phi) is 8.17. The van der Waals surface area contributed by atoms with E-state index in [-0.39, 0.29) is 49.1 Å². The van der Waals surface area contributed by atoms with Gasteiger partial charge in [0.1, 0.15) is 17.3 Å². The molecule has 16 heteroatoms. The number of carbonyl (C=O) groups is 1. The molecular weight excluding hydrogens is 543 g/mol. The maximum Gasteiger partial charge on any atom is 0.390 e. The monoisotopic (exact) mass is 569 g/mol. The molecule has 1 atom stereocenters. The summed E-state index contributed by atoms with van der Waals surface area (Å²) in [7, 11) is -2.77. The molecule has 1 aromatic carbocycles. The maximum atomic E-state index is 13.2. The van der Waals surface area contributed by atoms with Crippen LogP contribution in [0.1, 0.15) is 40.9 Å². The standard InChI is InChI=1S/C23H26F3N7O5S/c1-14(13-34)33-21(29-30-31-33)18-4-3-5-20(27-18)28-22(35)17-10-16-12-32(8-6-15(16)11-19(17)38-2)39(36,37)9-7-23(24,25)26/h3-5,10-11,14,34H,6-9,12-13H2,1-2H3,(H,27,28,35)/t14-/m1/s1. The number of anilines is 1. The van der Waals surface area contributed by atoms with Crippen molar-refractivity contribution in [3.05, 3.63) is 47.0 Å². The smallest absolute Gasteiger partial charge is 0.390 e. The van der Waals surface area contributed by atoms with Crippen LogP contribution in [-0.2, 0) is 23.0 Å². The first-order valence-electron chi connectivity index (χ1n) is 11.8. The number of rotatable bonds is 9. The Morgan fingerprint density at radius 2 is 2.03 bits per heavy atom. The molecule has 1 aliphatic heterocycles. The van der Waals surface area contributed by atoms with Crippen molar-refractivity contribution in [1.82, 2.24) is 29.5 Å². The van der Waals surface area contributed by atoms with Crippen molar-refractivity contribution < 1.29 is 36.2 Å². The van der Waals surface area contributed by atoms with Gasteiger partial charge in [-0.3, -0.25) is 4.79 Å². The number of hydrogen-bond donors (Lipinski definition) is 2. The number of alkyl halides is 3. The van der Waals surface area contributed by atoms with Crippen molar-refractivity contribution in [3.63, 3.8) is 0 Å². The minimum absolute atomic E-state index is 0.0208. The summed E-state index contributed by atoms with van der Waals surface area (Å²) >= 11 is 0. The number of benzene rings is 1. The second kappa shape index (κ2) is 11.2. The van der Waals surface area contributed by atoms with Crippen molar-refractivity contribution in [2.24, 2.45) is 0 Å². The fourth-order valence-corrected chi connectivity index (χ4v) is 5.52. The molecule has 0 spiro atoms. The van der Waals surface area contributed by atoms with Crippen LogP contribution in [0.2, 0.25) is 0 Å². The second-order valence-corrected chi connectivity index (χ2v) is 11.0. The Hall–Kier alpha value is -3.63. The van der Waals surface area contributed by atoms with Crippen LogP contribution in [0.25, 0.3) is 11.5 Å². The van der Waals surface area contributed by atoms with Gasteiger partial charge in [-0.15, -0.1) is 5.10 Å². The zero-order chi connectivity index (χ0) is 28.4. The molecule has 210 valence electrons. The van der Waals surface area contributed by atoms with Crippen LogP contribution in [0.4, 0.5) is 19.0 Å². The van der Waals surface area contributed by atoms with Crippen LogP contribution in [-0.4, -0.2) is 81.1 Å². The van der Waals surface area contributed by atoms with E-state index in [0.29, 0.717) is 11.3 Å². The van der Waals surface area contributed by atoms with Crippen LogP contribution in [0.15, 0.2) is 30.3 Å². The molecule has 0 unspecified atom stereocenters. The number of ether oxygens (including phenoxy) is 1.